The Bertz CT molecular complexity index is 577. The lowest BCUT2D eigenvalue weighted by Gasteiger charge is -2.10. The van der Waals surface area contributed by atoms with Crippen LogP contribution >= 0.6 is 0 Å². The van der Waals surface area contributed by atoms with E-state index in [2.05, 4.69) is 10.3 Å². The molecule has 0 bridgehead atoms. The summed E-state index contributed by atoms with van der Waals surface area (Å²) in [4.78, 5) is 14.8. The van der Waals surface area contributed by atoms with E-state index in [1.54, 1.807) is 7.11 Å². The Labute approximate surface area is 112 Å². The predicted molar refractivity (Wildman–Crippen MR) is 75.2 cm³/mol. The summed E-state index contributed by atoms with van der Waals surface area (Å²) in [5.41, 5.74) is 7.93. The zero-order valence-electron chi connectivity index (χ0n) is 11.2. The second-order valence-corrected chi connectivity index (χ2v) is 4.43. The van der Waals surface area contributed by atoms with Crippen LogP contribution in [-0.2, 0) is 11.2 Å². The lowest BCUT2D eigenvalue weighted by molar-refractivity contribution is -0.122. The number of carbonyl (C=O) groups excluding carboxylic acids is 1. The second kappa shape index (κ2) is 5.75. The van der Waals surface area contributed by atoms with Crippen molar-refractivity contribution in [3.63, 3.8) is 0 Å². The van der Waals surface area contributed by atoms with Crippen LogP contribution in [-0.4, -0.2) is 30.6 Å². The van der Waals surface area contributed by atoms with Gasteiger partial charge in [-0.1, -0.05) is 0 Å². The molecule has 0 aliphatic carbocycles. The largest absolute Gasteiger partial charge is 0.497 e. The van der Waals surface area contributed by atoms with Gasteiger partial charge in [-0.25, -0.2) is 0 Å². The van der Waals surface area contributed by atoms with Crippen molar-refractivity contribution in [1.82, 2.24) is 10.3 Å². The van der Waals surface area contributed by atoms with E-state index in [0.717, 1.165) is 22.2 Å². The zero-order valence-corrected chi connectivity index (χ0v) is 11.2. The molecular weight excluding hydrogens is 242 g/mol. The number of benzene rings is 1. The zero-order chi connectivity index (χ0) is 13.8. The van der Waals surface area contributed by atoms with Crippen LogP contribution in [0.2, 0.25) is 0 Å². The minimum atomic E-state index is -0.537. The van der Waals surface area contributed by atoms with Gasteiger partial charge in [0.15, 0.2) is 0 Å². The maximum atomic E-state index is 11.7. The minimum absolute atomic E-state index is 0.125. The van der Waals surface area contributed by atoms with E-state index >= 15 is 0 Å². The highest BCUT2D eigenvalue weighted by atomic mass is 16.5. The van der Waals surface area contributed by atoms with E-state index in [0.29, 0.717) is 13.0 Å². The molecule has 0 saturated carbocycles. The molecule has 102 valence electrons. The van der Waals surface area contributed by atoms with Gasteiger partial charge in [0, 0.05) is 23.6 Å². The number of nitrogens with two attached hydrogens (primary N) is 1. The molecule has 1 heterocycles. The van der Waals surface area contributed by atoms with Gasteiger partial charge >= 0.3 is 0 Å². The van der Waals surface area contributed by atoms with Crippen LogP contribution in [0.5, 0.6) is 5.75 Å². The van der Waals surface area contributed by atoms with Gasteiger partial charge in [0.2, 0.25) is 5.91 Å². The van der Waals surface area contributed by atoms with Crippen molar-refractivity contribution in [2.45, 2.75) is 19.4 Å². The quantitative estimate of drug-likeness (QED) is 0.756. The summed E-state index contributed by atoms with van der Waals surface area (Å²) >= 11 is 0. The summed E-state index contributed by atoms with van der Waals surface area (Å²) in [6.45, 7) is 2.47. The fourth-order valence-electron chi connectivity index (χ4n) is 2.09. The number of likely N-dealkylation sites (N-methyl/N-ethyl adjacent to an activating group) is 1. The van der Waals surface area contributed by atoms with Gasteiger partial charge < -0.3 is 20.8 Å². The molecule has 0 radical (unpaired) electrons. The van der Waals surface area contributed by atoms with Gasteiger partial charge in [-0.15, -0.1) is 0 Å². The van der Waals surface area contributed by atoms with Crippen molar-refractivity contribution < 1.29 is 9.53 Å². The Kier molecular flexibility index (Phi) is 4.06. The molecule has 1 unspecified atom stereocenters. The van der Waals surface area contributed by atoms with Crippen LogP contribution in [0, 0.1) is 0 Å². The van der Waals surface area contributed by atoms with Crippen LogP contribution in [0.25, 0.3) is 10.9 Å². The Morgan fingerprint density at radius 1 is 1.53 bits per heavy atom. The summed E-state index contributed by atoms with van der Waals surface area (Å²) in [7, 11) is 1.63. The minimum Gasteiger partial charge on any atom is -0.497 e. The molecular formula is C14H19N3O2. The maximum absolute atomic E-state index is 11.7. The van der Waals surface area contributed by atoms with Crippen LogP contribution in [0.15, 0.2) is 24.4 Å². The number of aromatic amines is 1. The van der Waals surface area contributed by atoms with Crippen molar-refractivity contribution in [1.29, 1.82) is 0 Å². The number of methoxy groups -OCH3 is 1. The highest BCUT2D eigenvalue weighted by Crippen LogP contribution is 2.24. The van der Waals surface area contributed by atoms with Crippen molar-refractivity contribution in [3.8, 4) is 5.75 Å². The van der Waals surface area contributed by atoms with Crippen molar-refractivity contribution in [3.05, 3.63) is 30.0 Å². The molecule has 1 atom stereocenters. The first-order valence-corrected chi connectivity index (χ1v) is 6.33. The molecule has 0 fully saturated rings. The second-order valence-electron chi connectivity index (χ2n) is 4.43. The molecule has 5 heteroatoms. The fraction of sp³-hybridized carbons (Fsp3) is 0.357. The predicted octanol–water partition coefficient (Wildman–Crippen LogP) is 1.18. The number of rotatable bonds is 5. The number of ether oxygens (including phenoxy) is 1. The molecule has 1 amide bonds. The molecule has 19 heavy (non-hydrogen) atoms. The van der Waals surface area contributed by atoms with Gasteiger partial charge in [0.05, 0.1) is 13.2 Å². The van der Waals surface area contributed by atoms with E-state index in [9.17, 15) is 4.79 Å². The average Bonchev–Trinajstić information content (AvgIpc) is 2.81. The van der Waals surface area contributed by atoms with Gasteiger partial charge in [-0.2, -0.15) is 0 Å². The van der Waals surface area contributed by atoms with Crippen LogP contribution in [0.4, 0.5) is 0 Å². The van der Waals surface area contributed by atoms with E-state index in [4.69, 9.17) is 10.5 Å². The molecule has 0 spiro atoms. The molecule has 4 N–H and O–H groups in total. The number of carbonyl (C=O) groups is 1. The normalized spacial score (nSPS) is 12.4. The smallest absolute Gasteiger partial charge is 0.237 e. The third-order valence-corrected chi connectivity index (χ3v) is 3.10. The SMILES string of the molecule is CCNC(=O)C(N)Cc1c[nH]c2ccc(OC)cc12. The van der Waals surface area contributed by atoms with Crippen molar-refractivity contribution in [2.75, 3.05) is 13.7 Å². The van der Waals surface area contributed by atoms with Gasteiger partial charge in [0.25, 0.3) is 0 Å². The lowest BCUT2D eigenvalue weighted by atomic mass is 10.0. The molecule has 1 aromatic carbocycles. The van der Waals surface area contributed by atoms with Crippen LogP contribution in [0.3, 0.4) is 0 Å². The van der Waals surface area contributed by atoms with Crippen molar-refractivity contribution >= 4 is 16.8 Å². The third-order valence-electron chi connectivity index (χ3n) is 3.10. The maximum Gasteiger partial charge on any atom is 0.237 e. The average molecular weight is 261 g/mol. The molecule has 5 nitrogen and oxygen atoms in total. The number of hydrogen-bond acceptors (Lipinski definition) is 3. The summed E-state index contributed by atoms with van der Waals surface area (Å²) in [5.74, 6) is 0.666. The highest BCUT2D eigenvalue weighted by Gasteiger charge is 2.15. The first-order valence-electron chi connectivity index (χ1n) is 6.33. The summed E-state index contributed by atoms with van der Waals surface area (Å²) in [6.07, 6.45) is 2.39. The van der Waals surface area contributed by atoms with Gasteiger partial charge in [-0.3, -0.25) is 4.79 Å². The van der Waals surface area contributed by atoms with Gasteiger partial charge in [-0.05, 0) is 37.1 Å². The van der Waals surface area contributed by atoms with E-state index < -0.39 is 6.04 Å². The number of nitrogens with one attached hydrogen (secondary N) is 2. The van der Waals surface area contributed by atoms with E-state index in [1.807, 2.05) is 31.3 Å². The van der Waals surface area contributed by atoms with Crippen LogP contribution in [0.1, 0.15) is 12.5 Å². The summed E-state index contributed by atoms with van der Waals surface area (Å²) in [6, 6.07) is 5.26. The number of amides is 1. The summed E-state index contributed by atoms with van der Waals surface area (Å²) in [5, 5.41) is 3.77. The van der Waals surface area contributed by atoms with E-state index in [1.165, 1.54) is 0 Å². The highest BCUT2D eigenvalue weighted by molar-refractivity contribution is 5.87. The Hall–Kier alpha value is -2.01. The van der Waals surface area contributed by atoms with Crippen LogP contribution < -0.4 is 15.8 Å². The van der Waals surface area contributed by atoms with E-state index in [-0.39, 0.29) is 5.91 Å². The Morgan fingerprint density at radius 3 is 3.00 bits per heavy atom. The standard InChI is InChI=1S/C14H19N3O2/c1-3-16-14(18)12(15)6-9-8-17-13-5-4-10(19-2)7-11(9)13/h4-5,7-8,12,17H,3,6,15H2,1-2H3,(H,16,18). The number of aromatic nitrogens is 1. The third kappa shape index (κ3) is 2.88. The lowest BCUT2D eigenvalue weighted by Crippen LogP contribution is -2.41. The Morgan fingerprint density at radius 2 is 2.32 bits per heavy atom. The van der Waals surface area contributed by atoms with Crippen molar-refractivity contribution in [2.24, 2.45) is 5.73 Å². The molecule has 0 aliphatic rings. The number of fused-ring (bicyclic) bond motifs is 1. The first kappa shape index (κ1) is 13.4. The molecule has 1 aromatic heterocycles. The fourth-order valence-corrected chi connectivity index (χ4v) is 2.09. The monoisotopic (exact) mass is 261 g/mol. The molecule has 2 rings (SSSR count). The molecule has 2 aromatic rings. The first-order chi connectivity index (χ1) is 9.15. The molecule has 0 aliphatic heterocycles. The topological polar surface area (TPSA) is 80.1 Å². The molecule has 0 saturated heterocycles. The summed E-state index contributed by atoms with van der Waals surface area (Å²) < 4.78 is 5.21. The van der Waals surface area contributed by atoms with Gasteiger partial charge in [0.1, 0.15) is 5.75 Å². The number of hydrogen-bond donors (Lipinski definition) is 3. The Balaban J connectivity index is 2.22. The number of H-pyrrole nitrogens is 1.